The number of hydrogen-bond acceptors (Lipinski definition) is 3. The largest absolute Gasteiger partial charge is 0.338 e. The Kier molecular flexibility index (Phi) is 5.10. The van der Waals surface area contributed by atoms with E-state index in [1.165, 1.54) is 5.56 Å². The van der Waals surface area contributed by atoms with Gasteiger partial charge in [0.25, 0.3) is 0 Å². The summed E-state index contributed by atoms with van der Waals surface area (Å²) in [6, 6.07) is 4.67. The minimum atomic E-state index is 0.490. The molecule has 1 unspecified atom stereocenters. The number of hydrogen-bond donors (Lipinski definition) is 1. The molecule has 0 spiro atoms. The van der Waals surface area contributed by atoms with Crippen molar-refractivity contribution in [2.45, 2.75) is 32.2 Å². The van der Waals surface area contributed by atoms with Gasteiger partial charge in [-0.25, -0.2) is 4.98 Å². The van der Waals surface area contributed by atoms with E-state index in [0.717, 1.165) is 31.6 Å². The van der Waals surface area contributed by atoms with Crippen LogP contribution >= 0.6 is 0 Å². The van der Waals surface area contributed by atoms with Gasteiger partial charge < -0.3 is 9.88 Å². The molecule has 4 nitrogen and oxygen atoms in total. The molecule has 102 valence electrons. The first-order valence-electron chi connectivity index (χ1n) is 6.88. The number of pyridine rings is 1. The molecule has 0 aliphatic heterocycles. The standard InChI is InChI=1S/C15H22N4/c1-3-17-14(12-13-6-8-16-9-7-13)4-5-15-18-10-11-19(15)2/h6-11,14,17H,3-5,12H2,1-2H3. The van der Waals surface area contributed by atoms with Crippen molar-refractivity contribution in [3.8, 4) is 0 Å². The summed E-state index contributed by atoms with van der Waals surface area (Å²) < 4.78 is 2.09. The van der Waals surface area contributed by atoms with Crippen LogP contribution in [0.3, 0.4) is 0 Å². The van der Waals surface area contributed by atoms with Gasteiger partial charge in [-0.3, -0.25) is 4.98 Å². The van der Waals surface area contributed by atoms with Crippen LogP contribution in [-0.2, 0) is 19.9 Å². The second-order valence-corrected chi connectivity index (χ2v) is 4.81. The Hall–Kier alpha value is -1.68. The Bertz CT molecular complexity index is 478. The summed E-state index contributed by atoms with van der Waals surface area (Å²) in [5.41, 5.74) is 1.33. The minimum absolute atomic E-state index is 0.490. The minimum Gasteiger partial charge on any atom is -0.338 e. The van der Waals surface area contributed by atoms with Crippen molar-refractivity contribution in [1.29, 1.82) is 0 Å². The summed E-state index contributed by atoms with van der Waals surface area (Å²) in [7, 11) is 2.05. The lowest BCUT2D eigenvalue weighted by Gasteiger charge is -2.17. The highest BCUT2D eigenvalue weighted by molar-refractivity contribution is 5.11. The quantitative estimate of drug-likeness (QED) is 0.825. The molecule has 2 heterocycles. The lowest BCUT2D eigenvalue weighted by Crippen LogP contribution is -2.31. The third kappa shape index (κ3) is 4.17. The summed E-state index contributed by atoms with van der Waals surface area (Å²) >= 11 is 0. The van der Waals surface area contributed by atoms with Crippen molar-refractivity contribution < 1.29 is 0 Å². The summed E-state index contributed by atoms with van der Waals surface area (Å²) in [5.74, 6) is 1.15. The lowest BCUT2D eigenvalue weighted by molar-refractivity contribution is 0.483. The summed E-state index contributed by atoms with van der Waals surface area (Å²) in [4.78, 5) is 8.44. The molecule has 0 fully saturated rings. The molecule has 0 aliphatic carbocycles. The predicted molar refractivity (Wildman–Crippen MR) is 76.9 cm³/mol. The van der Waals surface area contributed by atoms with Crippen LogP contribution in [0.25, 0.3) is 0 Å². The molecule has 0 aromatic carbocycles. The zero-order valence-electron chi connectivity index (χ0n) is 11.7. The number of imidazole rings is 1. The van der Waals surface area contributed by atoms with Gasteiger partial charge in [-0.15, -0.1) is 0 Å². The van der Waals surface area contributed by atoms with Crippen LogP contribution in [-0.4, -0.2) is 27.1 Å². The van der Waals surface area contributed by atoms with Crippen molar-refractivity contribution in [2.75, 3.05) is 6.54 Å². The second-order valence-electron chi connectivity index (χ2n) is 4.81. The number of rotatable bonds is 7. The SMILES string of the molecule is CCNC(CCc1nccn1C)Cc1ccncc1. The number of nitrogens with one attached hydrogen (secondary N) is 1. The first-order chi connectivity index (χ1) is 9.29. The molecule has 0 bridgehead atoms. The van der Waals surface area contributed by atoms with Crippen molar-refractivity contribution in [2.24, 2.45) is 7.05 Å². The molecule has 0 saturated carbocycles. The molecular formula is C15H22N4. The molecule has 0 aliphatic rings. The smallest absolute Gasteiger partial charge is 0.108 e. The Morgan fingerprint density at radius 3 is 2.68 bits per heavy atom. The van der Waals surface area contributed by atoms with E-state index in [1.54, 1.807) is 0 Å². The van der Waals surface area contributed by atoms with Crippen LogP contribution < -0.4 is 5.32 Å². The van der Waals surface area contributed by atoms with E-state index in [1.807, 2.05) is 31.8 Å². The van der Waals surface area contributed by atoms with Gasteiger partial charge in [0.1, 0.15) is 5.82 Å². The molecule has 2 aromatic rings. The molecule has 2 rings (SSSR count). The lowest BCUT2D eigenvalue weighted by atomic mass is 10.0. The molecule has 19 heavy (non-hydrogen) atoms. The molecule has 1 N–H and O–H groups in total. The van der Waals surface area contributed by atoms with E-state index in [2.05, 4.69) is 38.9 Å². The molecule has 4 heteroatoms. The van der Waals surface area contributed by atoms with Crippen molar-refractivity contribution in [3.63, 3.8) is 0 Å². The fourth-order valence-electron chi connectivity index (χ4n) is 2.31. The molecule has 1 atom stereocenters. The van der Waals surface area contributed by atoms with Gasteiger partial charge >= 0.3 is 0 Å². The Balaban J connectivity index is 1.91. The van der Waals surface area contributed by atoms with Gasteiger partial charge in [-0.1, -0.05) is 6.92 Å². The number of likely N-dealkylation sites (N-methyl/N-ethyl adjacent to an activating group) is 1. The van der Waals surface area contributed by atoms with Crippen LogP contribution in [0.2, 0.25) is 0 Å². The van der Waals surface area contributed by atoms with Gasteiger partial charge in [0.05, 0.1) is 0 Å². The number of aromatic nitrogens is 3. The first kappa shape index (κ1) is 13.7. The average molecular weight is 258 g/mol. The fourth-order valence-corrected chi connectivity index (χ4v) is 2.31. The Morgan fingerprint density at radius 1 is 1.26 bits per heavy atom. The maximum atomic E-state index is 4.38. The van der Waals surface area contributed by atoms with Crippen LogP contribution in [0.1, 0.15) is 24.7 Å². The maximum Gasteiger partial charge on any atom is 0.108 e. The van der Waals surface area contributed by atoms with Gasteiger partial charge in [0.15, 0.2) is 0 Å². The normalized spacial score (nSPS) is 12.5. The van der Waals surface area contributed by atoms with E-state index in [-0.39, 0.29) is 0 Å². The van der Waals surface area contributed by atoms with Crippen LogP contribution in [0.15, 0.2) is 36.9 Å². The Labute approximate surface area is 114 Å². The van der Waals surface area contributed by atoms with E-state index in [9.17, 15) is 0 Å². The topological polar surface area (TPSA) is 42.7 Å². The monoisotopic (exact) mass is 258 g/mol. The predicted octanol–water partition coefficient (Wildman–Crippen LogP) is 1.97. The molecule has 2 aromatic heterocycles. The zero-order valence-corrected chi connectivity index (χ0v) is 11.7. The van der Waals surface area contributed by atoms with E-state index in [0.29, 0.717) is 6.04 Å². The zero-order chi connectivity index (χ0) is 13.5. The van der Waals surface area contributed by atoms with Gasteiger partial charge in [-0.2, -0.15) is 0 Å². The van der Waals surface area contributed by atoms with Crippen molar-refractivity contribution in [1.82, 2.24) is 19.9 Å². The average Bonchev–Trinajstić information content (AvgIpc) is 2.83. The third-order valence-electron chi connectivity index (χ3n) is 3.36. The second kappa shape index (κ2) is 7.04. The summed E-state index contributed by atoms with van der Waals surface area (Å²) in [5, 5.41) is 3.56. The number of aryl methyl sites for hydroxylation is 2. The van der Waals surface area contributed by atoms with Gasteiger partial charge in [0, 0.05) is 44.3 Å². The highest BCUT2D eigenvalue weighted by atomic mass is 15.0. The molecule has 0 saturated heterocycles. The van der Waals surface area contributed by atoms with Crippen LogP contribution in [0.4, 0.5) is 0 Å². The summed E-state index contributed by atoms with van der Waals surface area (Å²) in [6.07, 6.45) is 10.7. The summed E-state index contributed by atoms with van der Waals surface area (Å²) in [6.45, 7) is 3.15. The Morgan fingerprint density at radius 2 is 2.05 bits per heavy atom. The third-order valence-corrected chi connectivity index (χ3v) is 3.36. The fraction of sp³-hybridized carbons (Fsp3) is 0.467. The van der Waals surface area contributed by atoms with E-state index in [4.69, 9.17) is 0 Å². The van der Waals surface area contributed by atoms with E-state index >= 15 is 0 Å². The van der Waals surface area contributed by atoms with Crippen LogP contribution in [0.5, 0.6) is 0 Å². The van der Waals surface area contributed by atoms with Gasteiger partial charge in [0.2, 0.25) is 0 Å². The molecular weight excluding hydrogens is 236 g/mol. The van der Waals surface area contributed by atoms with E-state index < -0.39 is 0 Å². The maximum absolute atomic E-state index is 4.38. The number of nitrogens with zero attached hydrogens (tertiary/aromatic N) is 3. The van der Waals surface area contributed by atoms with Crippen LogP contribution in [0, 0.1) is 0 Å². The highest BCUT2D eigenvalue weighted by Crippen LogP contribution is 2.08. The highest BCUT2D eigenvalue weighted by Gasteiger charge is 2.10. The van der Waals surface area contributed by atoms with Crippen molar-refractivity contribution >= 4 is 0 Å². The van der Waals surface area contributed by atoms with Crippen molar-refractivity contribution in [3.05, 3.63) is 48.3 Å². The van der Waals surface area contributed by atoms with Gasteiger partial charge in [-0.05, 0) is 37.1 Å². The molecule has 0 radical (unpaired) electrons. The molecule has 0 amide bonds. The first-order valence-corrected chi connectivity index (χ1v) is 6.88.